The molecule has 0 fully saturated rings. The third kappa shape index (κ3) is 2.74. The van der Waals surface area contributed by atoms with E-state index in [9.17, 15) is 4.79 Å². The molecule has 0 spiro atoms. The fourth-order valence-electron chi connectivity index (χ4n) is 2.64. The highest BCUT2D eigenvalue weighted by atomic mass is 16.5. The molecular formula is C19H14N4O2. The van der Waals surface area contributed by atoms with Crippen molar-refractivity contribution < 1.29 is 9.53 Å². The van der Waals surface area contributed by atoms with E-state index >= 15 is 0 Å². The van der Waals surface area contributed by atoms with Crippen molar-refractivity contribution in [2.75, 3.05) is 7.11 Å². The molecule has 25 heavy (non-hydrogen) atoms. The molecule has 1 aromatic carbocycles. The number of aromatic nitrogens is 4. The van der Waals surface area contributed by atoms with E-state index in [1.54, 1.807) is 30.9 Å². The average molecular weight is 330 g/mol. The number of methoxy groups -OCH3 is 1. The summed E-state index contributed by atoms with van der Waals surface area (Å²) >= 11 is 0. The van der Waals surface area contributed by atoms with Crippen molar-refractivity contribution in [1.82, 2.24) is 19.5 Å². The average Bonchev–Trinajstić information content (AvgIpc) is 3.11. The van der Waals surface area contributed by atoms with E-state index in [1.807, 2.05) is 41.0 Å². The highest BCUT2D eigenvalue weighted by Crippen LogP contribution is 2.22. The molecule has 0 aliphatic heterocycles. The maximum absolute atomic E-state index is 11.6. The van der Waals surface area contributed by atoms with Crippen LogP contribution in [-0.2, 0) is 4.74 Å². The molecule has 3 heterocycles. The summed E-state index contributed by atoms with van der Waals surface area (Å²) < 4.78 is 6.62. The highest BCUT2D eigenvalue weighted by molar-refractivity contribution is 5.89. The summed E-state index contributed by atoms with van der Waals surface area (Å²) in [5.74, 6) is -0.361. The summed E-state index contributed by atoms with van der Waals surface area (Å²) in [5, 5.41) is 0. The lowest BCUT2D eigenvalue weighted by Crippen LogP contribution is -2.01. The zero-order valence-corrected chi connectivity index (χ0v) is 13.5. The molecule has 122 valence electrons. The molecule has 3 aromatic heterocycles. The number of carbonyl (C=O) groups excluding carboxylic acids is 1. The molecule has 4 aromatic rings. The first kappa shape index (κ1) is 15.0. The Bertz CT molecular complexity index is 1040. The number of benzene rings is 1. The summed E-state index contributed by atoms with van der Waals surface area (Å²) in [6.45, 7) is 0. The van der Waals surface area contributed by atoms with Crippen molar-refractivity contribution in [3.05, 3.63) is 72.8 Å². The second-order valence-corrected chi connectivity index (χ2v) is 5.43. The van der Waals surface area contributed by atoms with E-state index in [1.165, 1.54) is 7.11 Å². The van der Waals surface area contributed by atoms with E-state index in [2.05, 4.69) is 9.97 Å². The summed E-state index contributed by atoms with van der Waals surface area (Å²) in [6, 6.07) is 14.8. The van der Waals surface area contributed by atoms with Gasteiger partial charge in [0.1, 0.15) is 11.8 Å². The lowest BCUT2D eigenvalue weighted by atomic mass is 10.2. The van der Waals surface area contributed by atoms with Crippen molar-refractivity contribution in [1.29, 1.82) is 0 Å². The summed E-state index contributed by atoms with van der Waals surface area (Å²) in [7, 11) is 1.37. The zero-order valence-electron chi connectivity index (χ0n) is 13.5. The number of rotatable bonds is 3. The van der Waals surface area contributed by atoms with Crippen LogP contribution in [0.4, 0.5) is 0 Å². The van der Waals surface area contributed by atoms with Crippen LogP contribution in [0.25, 0.3) is 28.1 Å². The summed E-state index contributed by atoms with van der Waals surface area (Å²) in [5.41, 5.74) is 4.76. The van der Waals surface area contributed by atoms with E-state index < -0.39 is 0 Å². The zero-order chi connectivity index (χ0) is 17.2. The predicted octanol–water partition coefficient (Wildman–Crippen LogP) is 3.27. The molecular weight excluding hydrogens is 316 g/mol. The Morgan fingerprint density at radius 2 is 1.76 bits per heavy atom. The maximum atomic E-state index is 11.6. The van der Waals surface area contributed by atoms with Gasteiger partial charge in [0.2, 0.25) is 0 Å². The Morgan fingerprint density at radius 1 is 1.00 bits per heavy atom. The topological polar surface area (TPSA) is 69.9 Å². The van der Waals surface area contributed by atoms with Gasteiger partial charge >= 0.3 is 5.97 Å². The fraction of sp³-hybridized carbons (Fsp3) is 0.0526. The van der Waals surface area contributed by atoms with Crippen LogP contribution in [0.15, 0.2) is 67.3 Å². The largest absolute Gasteiger partial charge is 0.465 e. The number of carbonyl (C=O) groups is 1. The molecule has 0 saturated carbocycles. The van der Waals surface area contributed by atoms with Gasteiger partial charge in [0.15, 0.2) is 5.65 Å². The van der Waals surface area contributed by atoms with Crippen LogP contribution in [0.1, 0.15) is 10.4 Å². The van der Waals surface area contributed by atoms with Crippen LogP contribution in [-0.4, -0.2) is 32.6 Å². The molecule has 0 unspecified atom stereocenters. The second kappa shape index (κ2) is 6.16. The first-order valence-corrected chi connectivity index (χ1v) is 7.69. The number of fused-ring (bicyclic) bond motifs is 1. The molecule has 0 atom stereocenters. The Morgan fingerprint density at radius 3 is 2.48 bits per heavy atom. The number of esters is 1. The minimum atomic E-state index is -0.361. The van der Waals surface area contributed by atoms with E-state index in [4.69, 9.17) is 9.72 Å². The number of hydrogen-bond donors (Lipinski definition) is 0. The molecule has 0 N–H and O–H groups in total. The highest BCUT2D eigenvalue weighted by Gasteiger charge is 2.10. The van der Waals surface area contributed by atoms with Gasteiger partial charge in [-0.1, -0.05) is 0 Å². The van der Waals surface area contributed by atoms with E-state index in [0.29, 0.717) is 5.56 Å². The van der Waals surface area contributed by atoms with E-state index in [0.717, 1.165) is 28.1 Å². The third-order valence-corrected chi connectivity index (χ3v) is 3.94. The minimum Gasteiger partial charge on any atom is -0.465 e. The molecule has 0 bridgehead atoms. The number of pyridine rings is 2. The predicted molar refractivity (Wildman–Crippen MR) is 93.4 cm³/mol. The van der Waals surface area contributed by atoms with Crippen LogP contribution in [0.5, 0.6) is 0 Å². The van der Waals surface area contributed by atoms with Crippen molar-refractivity contribution in [2.24, 2.45) is 0 Å². The molecule has 6 heteroatoms. The minimum absolute atomic E-state index is 0.361. The number of ether oxygens (including phenoxy) is 1. The molecule has 0 aliphatic rings. The Hall–Kier alpha value is -3.54. The van der Waals surface area contributed by atoms with Gasteiger partial charge in [-0.3, -0.25) is 9.55 Å². The fourth-order valence-corrected chi connectivity index (χ4v) is 2.64. The van der Waals surface area contributed by atoms with Crippen LogP contribution in [0.3, 0.4) is 0 Å². The Kier molecular flexibility index (Phi) is 3.70. The van der Waals surface area contributed by atoms with Gasteiger partial charge in [0.25, 0.3) is 0 Å². The second-order valence-electron chi connectivity index (χ2n) is 5.43. The van der Waals surface area contributed by atoms with E-state index in [-0.39, 0.29) is 5.97 Å². The van der Waals surface area contributed by atoms with Crippen molar-refractivity contribution in [3.8, 4) is 16.9 Å². The first-order valence-electron chi connectivity index (χ1n) is 7.69. The maximum Gasteiger partial charge on any atom is 0.337 e. The first-order chi connectivity index (χ1) is 12.3. The van der Waals surface area contributed by atoms with Gasteiger partial charge in [-0.15, -0.1) is 0 Å². The van der Waals surface area contributed by atoms with Crippen molar-refractivity contribution in [2.45, 2.75) is 0 Å². The lowest BCUT2D eigenvalue weighted by Gasteiger charge is -2.06. The molecule has 0 aliphatic carbocycles. The Balaban J connectivity index is 1.78. The number of nitrogens with zero attached hydrogens (tertiary/aromatic N) is 4. The standard InChI is InChI=1S/C19H14N4O2/c1-25-19(24)14-2-4-15(5-3-14)23-12-21-17-7-6-16(22-18(17)23)13-8-10-20-11-9-13/h2-12H,1H3. The van der Waals surface area contributed by atoms with Gasteiger partial charge in [-0.05, 0) is 48.5 Å². The smallest absolute Gasteiger partial charge is 0.337 e. The SMILES string of the molecule is COC(=O)c1ccc(-n2cnc3ccc(-c4ccncc4)nc32)cc1. The van der Waals surface area contributed by atoms with Gasteiger partial charge in [0, 0.05) is 23.6 Å². The molecule has 4 rings (SSSR count). The van der Waals surface area contributed by atoms with Crippen molar-refractivity contribution in [3.63, 3.8) is 0 Å². The molecule has 0 saturated heterocycles. The van der Waals surface area contributed by atoms with Gasteiger partial charge < -0.3 is 4.74 Å². The Labute approximate surface area is 143 Å². The van der Waals surface area contributed by atoms with Crippen LogP contribution >= 0.6 is 0 Å². The van der Waals surface area contributed by atoms with Crippen LogP contribution < -0.4 is 0 Å². The molecule has 0 amide bonds. The van der Waals surface area contributed by atoms with Gasteiger partial charge in [-0.25, -0.2) is 14.8 Å². The summed E-state index contributed by atoms with van der Waals surface area (Å²) in [6.07, 6.45) is 5.20. The van der Waals surface area contributed by atoms with Crippen LogP contribution in [0, 0.1) is 0 Å². The molecule has 6 nitrogen and oxygen atoms in total. The third-order valence-electron chi connectivity index (χ3n) is 3.94. The quantitative estimate of drug-likeness (QED) is 0.539. The normalized spacial score (nSPS) is 10.8. The number of hydrogen-bond acceptors (Lipinski definition) is 5. The van der Waals surface area contributed by atoms with Gasteiger partial charge in [-0.2, -0.15) is 0 Å². The number of imidazole rings is 1. The molecule has 0 radical (unpaired) electrons. The lowest BCUT2D eigenvalue weighted by molar-refractivity contribution is 0.0601. The van der Waals surface area contributed by atoms with Gasteiger partial charge in [0.05, 0.1) is 18.4 Å². The monoisotopic (exact) mass is 330 g/mol. The summed E-state index contributed by atoms with van der Waals surface area (Å²) in [4.78, 5) is 24.7. The van der Waals surface area contributed by atoms with Crippen LogP contribution in [0.2, 0.25) is 0 Å². The van der Waals surface area contributed by atoms with Crippen molar-refractivity contribution >= 4 is 17.1 Å².